The number of benzene rings is 1. The molecule has 0 heterocycles. The molecule has 0 aromatic heterocycles. The predicted octanol–water partition coefficient (Wildman–Crippen LogP) is 2.14. The monoisotopic (exact) mass is 335 g/mol. The average molecular weight is 336 g/mol. The number of methoxy groups -OCH3 is 1. The molecule has 0 bridgehead atoms. The third-order valence-corrected chi connectivity index (χ3v) is 5.36. The van der Waals surface area contributed by atoms with Crippen molar-refractivity contribution in [2.75, 3.05) is 13.7 Å². The smallest absolute Gasteiger partial charge is 0.318 e. The molecule has 0 atom stereocenters. The largest absolute Gasteiger partial charge is 0.495 e. The van der Waals surface area contributed by atoms with Crippen molar-refractivity contribution in [2.45, 2.75) is 31.7 Å². The van der Waals surface area contributed by atoms with Gasteiger partial charge in [0.05, 0.1) is 17.0 Å². The first kappa shape index (κ1) is 17.7. The van der Waals surface area contributed by atoms with Crippen LogP contribution in [0.15, 0.2) is 17.0 Å². The Morgan fingerprint density at radius 1 is 1.43 bits per heavy atom. The van der Waals surface area contributed by atoms with E-state index in [1.165, 1.54) is 19.2 Å². The van der Waals surface area contributed by atoms with E-state index < -0.39 is 28.6 Å². The Labute approximate surface area is 129 Å². The Morgan fingerprint density at radius 3 is 2.43 bits per heavy atom. The lowest BCUT2D eigenvalue weighted by Crippen LogP contribution is -2.40. The summed E-state index contributed by atoms with van der Waals surface area (Å²) in [7, 11) is -2.53. The first-order chi connectivity index (χ1) is 9.61. The number of sulfonamides is 1. The number of nitrogens with zero attached hydrogens (tertiary/aromatic N) is 1. The van der Waals surface area contributed by atoms with Gasteiger partial charge in [-0.3, -0.25) is 4.79 Å². The van der Waals surface area contributed by atoms with E-state index in [4.69, 9.17) is 21.4 Å². The normalized spacial score (nSPS) is 12.0. The first-order valence-corrected chi connectivity index (χ1v) is 8.00. The molecule has 1 N–H and O–H groups in total. The quantitative estimate of drug-likeness (QED) is 0.861. The predicted molar refractivity (Wildman–Crippen MR) is 79.4 cm³/mol. The van der Waals surface area contributed by atoms with Crippen molar-refractivity contribution in [3.8, 4) is 5.75 Å². The summed E-state index contributed by atoms with van der Waals surface area (Å²) >= 11 is 5.97. The first-order valence-electron chi connectivity index (χ1n) is 6.19. The van der Waals surface area contributed by atoms with Gasteiger partial charge in [0.15, 0.2) is 0 Å². The van der Waals surface area contributed by atoms with Crippen LogP contribution in [0.3, 0.4) is 0 Å². The third-order valence-electron chi connectivity index (χ3n) is 2.90. The number of aliphatic carboxylic acids is 1. The van der Waals surface area contributed by atoms with Crippen LogP contribution in [-0.4, -0.2) is 43.5 Å². The van der Waals surface area contributed by atoms with Crippen molar-refractivity contribution in [3.05, 3.63) is 22.7 Å². The van der Waals surface area contributed by atoms with Gasteiger partial charge in [0.2, 0.25) is 10.0 Å². The highest BCUT2D eigenvalue weighted by molar-refractivity contribution is 7.89. The molecule has 0 fully saturated rings. The average Bonchev–Trinajstić information content (AvgIpc) is 2.37. The molecular formula is C13H18ClNO5S. The number of hydrogen-bond donors (Lipinski definition) is 1. The minimum absolute atomic E-state index is 0.0248. The molecule has 8 heteroatoms. The lowest BCUT2D eigenvalue weighted by molar-refractivity contribution is -0.137. The van der Waals surface area contributed by atoms with Crippen molar-refractivity contribution in [1.29, 1.82) is 0 Å². The van der Waals surface area contributed by atoms with Crippen molar-refractivity contribution >= 4 is 27.6 Å². The van der Waals surface area contributed by atoms with Crippen LogP contribution in [0.4, 0.5) is 0 Å². The topological polar surface area (TPSA) is 83.9 Å². The van der Waals surface area contributed by atoms with E-state index in [1.54, 1.807) is 20.8 Å². The maximum Gasteiger partial charge on any atom is 0.318 e. The lowest BCUT2D eigenvalue weighted by atomic mass is 10.2. The molecule has 0 aliphatic rings. The van der Waals surface area contributed by atoms with Crippen molar-refractivity contribution in [3.63, 3.8) is 0 Å². The van der Waals surface area contributed by atoms with Gasteiger partial charge in [-0.25, -0.2) is 8.42 Å². The van der Waals surface area contributed by atoms with Crippen LogP contribution < -0.4 is 4.74 Å². The maximum absolute atomic E-state index is 12.6. The van der Waals surface area contributed by atoms with E-state index in [1.807, 2.05) is 0 Å². The molecule has 0 aliphatic heterocycles. The van der Waals surface area contributed by atoms with Crippen LogP contribution in [0.5, 0.6) is 5.75 Å². The van der Waals surface area contributed by atoms with E-state index in [9.17, 15) is 13.2 Å². The zero-order valence-electron chi connectivity index (χ0n) is 12.3. The van der Waals surface area contributed by atoms with Crippen molar-refractivity contribution < 1.29 is 23.1 Å². The Hall–Kier alpha value is -1.31. The zero-order valence-corrected chi connectivity index (χ0v) is 13.8. The molecule has 0 saturated carbocycles. The van der Waals surface area contributed by atoms with Gasteiger partial charge in [-0.2, -0.15) is 4.31 Å². The second-order valence-electron chi connectivity index (χ2n) is 4.79. The number of carboxylic acids is 1. The molecule has 0 saturated heterocycles. The van der Waals surface area contributed by atoms with Crippen molar-refractivity contribution in [1.82, 2.24) is 4.31 Å². The molecule has 0 aliphatic carbocycles. The number of halogens is 1. The Morgan fingerprint density at radius 2 is 2.00 bits per heavy atom. The molecule has 0 amide bonds. The molecule has 0 radical (unpaired) electrons. The summed E-state index contributed by atoms with van der Waals surface area (Å²) in [4.78, 5) is 10.9. The fourth-order valence-electron chi connectivity index (χ4n) is 1.88. The highest BCUT2D eigenvalue weighted by Gasteiger charge is 2.31. The van der Waals surface area contributed by atoms with Gasteiger partial charge in [0.1, 0.15) is 12.3 Å². The standard InChI is InChI=1S/C13H18ClNO5S/c1-8(2)15(7-13(16)17)21(18,19)12-6-10(14)11(20-4)5-9(12)3/h5-6,8H,7H2,1-4H3,(H,16,17). The molecule has 1 aromatic rings. The fourth-order valence-corrected chi connectivity index (χ4v) is 4.00. The summed E-state index contributed by atoms with van der Waals surface area (Å²) in [5.41, 5.74) is 0.437. The second-order valence-corrected chi connectivity index (χ2v) is 7.06. The van der Waals surface area contributed by atoms with Crippen LogP contribution in [0.25, 0.3) is 0 Å². The maximum atomic E-state index is 12.6. The summed E-state index contributed by atoms with van der Waals surface area (Å²) in [6.45, 7) is 4.22. The Bertz CT molecular complexity index is 642. The van der Waals surface area contributed by atoms with Crippen LogP contribution in [0.1, 0.15) is 19.4 Å². The van der Waals surface area contributed by atoms with E-state index in [0.29, 0.717) is 11.3 Å². The minimum Gasteiger partial charge on any atom is -0.495 e. The van der Waals surface area contributed by atoms with Gasteiger partial charge in [0, 0.05) is 6.04 Å². The SMILES string of the molecule is COc1cc(C)c(S(=O)(=O)N(CC(=O)O)C(C)C)cc1Cl. The fraction of sp³-hybridized carbons (Fsp3) is 0.462. The summed E-state index contributed by atoms with van der Waals surface area (Å²) in [6.07, 6.45) is 0. The van der Waals surface area contributed by atoms with Gasteiger partial charge in [-0.1, -0.05) is 11.6 Å². The van der Waals surface area contributed by atoms with Crippen LogP contribution in [0, 0.1) is 6.92 Å². The number of ether oxygens (including phenoxy) is 1. The molecule has 118 valence electrons. The van der Waals surface area contributed by atoms with E-state index >= 15 is 0 Å². The molecule has 21 heavy (non-hydrogen) atoms. The Balaban J connectivity index is 3.41. The van der Waals surface area contributed by atoms with E-state index in [0.717, 1.165) is 4.31 Å². The zero-order chi connectivity index (χ0) is 16.4. The lowest BCUT2D eigenvalue weighted by Gasteiger charge is -2.25. The van der Waals surface area contributed by atoms with Gasteiger partial charge in [-0.05, 0) is 38.5 Å². The van der Waals surface area contributed by atoms with Crippen LogP contribution >= 0.6 is 11.6 Å². The number of rotatable bonds is 6. The summed E-state index contributed by atoms with van der Waals surface area (Å²) in [5.74, 6) is -0.855. The van der Waals surface area contributed by atoms with E-state index in [2.05, 4.69) is 0 Å². The van der Waals surface area contributed by atoms with Crippen molar-refractivity contribution in [2.24, 2.45) is 0 Å². The summed E-state index contributed by atoms with van der Waals surface area (Å²) in [6, 6.07) is 2.29. The highest BCUT2D eigenvalue weighted by Crippen LogP contribution is 2.32. The molecule has 0 spiro atoms. The molecule has 0 unspecified atom stereocenters. The van der Waals surface area contributed by atoms with Gasteiger partial charge in [-0.15, -0.1) is 0 Å². The molecule has 1 aromatic carbocycles. The highest BCUT2D eigenvalue weighted by atomic mass is 35.5. The number of aryl methyl sites for hydroxylation is 1. The minimum atomic E-state index is -3.96. The number of hydrogen-bond acceptors (Lipinski definition) is 4. The summed E-state index contributed by atoms with van der Waals surface area (Å²) in [5, 5.41) is 9.05. The third kappa shape index (κ3) is 3.87. The molecule has 6 nitrogen and oxygen atoms in total. The number of carboxylic acid groups (broad SMARTS) is 1. The van der Waals surface area contributed by atoms with Gasteiger partial charge >= 0.3 is 5.97 Å². The van der Waals surface area contributed by atoms with E-state index in [-0.39, 0.29) is 9.92 Å². The summed E-state index contributed by atoms with van der Waals surface area (Å²) < 4.78 is 31.2. The van der Waals surface area contributed by atoms with Crippen LogP contribution in [-0.2, 0) is 14.8 Å². The molecular weight excluding hydrogens is 318 g/mol. The second kappa shape index (κ2) is 6.64. The Kier molecular flexibility index (Phi) is 5.61. The van der Waals surface area contributed by atoms with Crippen LogP contribution in [0.2, 0.25) is 5.02 Å². The van der Waals surface area contributed by atoms with Gasteiger partial charge < -0.3 is 9.84 Å². The number of carbonyl (C=O) groups is 1. The molecule has 1 rings (SSSR count). The van der Waals surface area contributed by atoms with Gasteiger partial charge in [0.25, 0.3) is 0 Å².